The van der Waals surface area contributed by atoms with Gasteiger partial charge in [0.25, 0.3) is 0 Å². The molecule has 0 radical (unpaired) electrons. The number of nitrogens with two attached hydrogens (primary N) is 1. The molecule has 0 spiro atoms. The van der Waals surface area contributed by atoms with E-state index in [-0.39, 0.29) is 6.04 Å². The first-order valence-electron chi connectivity index (χ1n) is 4.93. The van der Waals surface area contributed by atoms with E-state index in [9.17, 15) is 0 Å². The molecule has 14 heavy (non-hydrogen) atoms. The van der Waals surface area contributed by atoms with Gasteiger partial charge in [-0.1, -0.05) is 29.8 Å². The zero-order valence-corrected chi connectivity index (χ0v) is 8.88. The van der Waals surface area contributed by atoms with Gasteiger partial charge in [-0.15, -0.1) is 11.8 Å². The van der Waals surface area contributed by atoms with Crippen molar-refractivity contribution in [1.82, 2.24) is 0 Å². The van der Waals surface area contributed by atoms with Crippen LogP contribution in [0.1, 0.15) is 24.5 Å². The van der Waals surface area contributed by atoms with Crippen LogP contribution in [-0.2, 0) is 6.42 Å². The minimum absolute atomic E-state index is 0.157. The molecule has 0 fully saturated rings. The molecule has 0 aliphatic heterocycles. The maximum atomic E-state index is 5.94. The van der Waals surface area contributed by atoms with Crippen LogP contribution in [0.4, 0.5) is 0 Å². The van der Waals surface area contributed by atoms with Gasteiger partial charge in [0.05, 0.1) is 0 Å². The van der Waals surface area contributed by atoms with Crippen molar-refractivity contribution in [1.29, 1.82) is 0 Å². The van der Waals surface area contributed by atoms with Gasteiger partial charge in [0.2, 0.25) is 0 Å². The van der Waals surface area contributed by atoms with Gasteiger partial charge in [-0.25, -0.2) is 0 Å². The van der Waals surface area contributed by atoms with Crippen LogP contribution in [0.15, 0.2) is 24.3 Å². The summed E-state index contributed by atoms with van der Waals surface area (Å²) in [4.78, 5) is 0. The topological polar surface area (TPSA) is 26.0 Å². The van der Waals surface area contributed by atoms with E-state index in [0.717, 1.165) is 12.8 Å². The highest BCUT2D eigenvalue weighted by atomic mass is 14.6. The molecule has 0 amide bonds. The van der Waals surface area contributed by atoms with Gasteiger partial charge in [0.1, 0.15) is 0 Å². The molecule has 1 unspecified atom stereocenters. The van der Waals surface area contributed by atoms with E-state index in [2.05, 4.69) is 43.0 Å². The van der Waals surface area contributed by atoms with Crippen LogP contribution in [0, 0.1) is 18.8 Å². The average Bonchev–Trinajstić information content (AvgIpc) is 2.15. The molecule has 0 aliphatic rings. The number of benzene rings is 1. The third-order valence-corrected chi connectivity index (χ3v) is 2.12. The van der Waals surface area contributed by atoms with E-state index in [0.29, 0.717) is 0 Å². The summed E-state index contributed by atoms with van der Waals surface area (Å²) >= 11 is 0. The first-order valence-corrected chi connectivity index (χ1v) is 4.93. The van der Waals surface area contributed by atoms with Crippen molar-refractivity contribution in [2.75, 3.05) is 0 Å². The molecule has 0 saturated carbocycles. The van der Waals surface area contributed by atoms with Crippen LogP contribution in [-0.4, -0.2) is 6.04 Å². The second kappa shape index (κ2) is 5.47. The Morgan fingerprint density at radius 3 is 2.86 bits per heavy atom. The van der Waals surface area contributed by atoms with Gasteiger partial charge in [0.15, 0.2) is 0 Å². The molecule has 0 aliphatic carbocycles. The van der Waals surface area contributed by atoms with Gasteiger partial charge in [0, 0.05) is 12.5 Å². The van der Waals surface area contributed by atoms with Crippen molar-refractivity contribution in [3.05, 3.63) is 35.4 Å². The Morgan fingerprint density at radius 1 is 1.43 bits per heavy atom. The van der Waals surface area contributed by atoms with E-state index in [1.165, 1.54) is 11.1 Å². The lowest BCUT2D eigenvalue weighted by Crippen LogP contribution is -2.21. The average molecular weight is 187 g/mol. The van der Waals surface area contributed by atoms with Crippen LogP contribution in [0.25, 0.3) is 0 Å². The monoisotopic (exact) mass is 187 g/mol. The molecule has 74 valence electrons. The number of hydrogen-bond donors (Lipinski definition) is 1. The molecule has 0 bridgehead atoms. The Morgan fingerprint density at radius 2 is 2.21 bits per heavy atom. The standard InChI is InChI=1S/C13H17N/c1-3-4-8-13(14)10-12-7-5-6-11(2)9-12/h5-7,9,13H,8,10,14H2,1-2H3. The number of aryl methyl sites for hydroxylation is 1. The third kappa shape index (κ3) is 3.64. The Bertz CT molecular complexity index is 344. The van der Waals surface area contributed by atoms with E-state index in [1.54, 1.807) is 0 Å². The summed E-state index contributed by atoms with van der Waals surface area (Å²) in [6.07, 6.45) is 1.70. The van der Waals surface area contributed by atoms with Crippen LogP contribution < -0.4 is 5.73 Å². The molecule has 0 saturated heterocycles. The molecule has 1 aromatic rings. The molecule has 0 aromatic heterocycles. The highest BCUT2D eigenvalue weighted by Crippen LogP contribution is 2.07. The van der Waals surface area contributed by atoms with Crippen LogP contribution in [0.5, 0.6) is 0 Å². The fourth-order valence-electron chi connectivity index (χ4n) is 1.45. The third-order valence-electron chi connectivity index (χ3n) is 2.12. The predicted octanol–water partition coefficient (Wildman–Crippen LogP) is 2.28. The van der Waals surface area contributed by atoms with Crippen molar-refractivity contribution in [3.8, 4) is 11.8 Å². The summed E-state index contributed by atoms with van der Waals surface area (Å²) in [6.45, 7) is 3.94. The molecule has 1 rings (SSSR count). The summed E-state index contributed by atoms with van der Waals surface area (Å²) in [5.41, 5.74) is 8.53. The lowest BCUT2D eigenvalue weighted by molar-refractivity contribution is 0.688. The van der Waals surface area contributed by atoms with Crippen LogP contribution >= 0.6 is 0 Å². The normalized spacial score (nSPS) is 11.6. The second-order valence-electron chi connectivity index (χ2n) is 3.58. The Labute approximate surface area is 86.3 Å². The largest absolute Gasteiger partial charge is 0.327 e. The van der Waals surface area contributed by atoms with Gasteiger partial charge >= 0.3 is 0 Å². The summed E-state index contributed by atoms with van der Waals surface area (Å²) in [5, 5.41) is 0. The minimum atomic E-state index is 0.157. The highest BCUT2D eigenvalue weighted by Gasteiger charge is 2.01. The minimum Gasteiger partial charge on any atom is -0.327 e. The number of rotatable bonds is 3. The van der Waals surface area contributed by atoms with Crippen LogP contribution in [0.3, 0.4) is 0 Å². The lowest BCUT2D eigenvalue weighted by Gasteiger charge is -2.08. The van der Waals surface area contributed by atoms with Crippen molar-refractivity contribution in [3.63, 3.8) is 0 Å². The van der Waals surface area contributed by atoms with Crippen molar-refractivity contribution in [2.24, 2.45) is 5.73 Å². The van der Waals surface area contributed by atoms with Gasteiger partial charge in [-0.05, 0) is 25.8 Å². The van der Waals surface area contributed by atoms with Gasteiger partial charge in [-0.3, -0.25) is 0 Å². The Kier molecular flexibility index (Phi) is 4.22. The molecule has 1 nitrogen and oxygen atoms in total. The number of hydrogen-bond acceptors (Lipinski definition) is 1. The smallest absolute Gasteiger partial charge is 0.0244 e. The highest BCUT2D eigenvalue weighted by molar-refractivity contribution is 5.23. The van der Waals surface area contributed by atoms with Gasteiger partial charge in [-0.2, -0.15) is 0 Å². The summed E-state index contributed by atoms with van der Waals surface area (Å²) in [5.74, 6) is 5.87. The second-order valence-corrected chi connectivity index (χ2v) is 3.58. The van der Waals surface area contributed by atoms with Crippen molar-refractivity contribution >= 4 is 0 Å². The Hall–Kier alpha value is -1.26. The van der Waals surface area contributed by atoms with E-state index >= 15 is 0 Å². The fraction of sp³-hybridized carbons (Fsp3) is 0.385. The molecule has 1 aromatic carbocycles. The van der Waals surface area contributed by atoms with E-state index in [4.69, 9.17) is 5.73 Å². The van der Waals surface area contributed by atoms with Crippen LogP contribution in [0.2, 0.25) is 0 Å². The first kappa shape index (κ1) is 10.8. The summed E-state index contributed by atoms with van der Waals surface area (Å²) in [7, 11) is 0. The van der Waals surface area contributed by atoms with Gasteiger partial charge < -0.3 is 5.73 Å². The molecule has 1 heteroatoms. The maximum absolute atomic E-state index is 5.94. The first-order chi connectivity index (χ1) is 6.72. The SMILES string of the molecule is CC#CCC(N)Cc1cccc(C)c1. The predicted molar refractivity (Wildman–Crippen MR) is 60.9 cm³/mol. The maximum Gasteiger partial charge on any atom is 0.0244 e. The van der Waals surface area contributed by atoms with Crippen molar-refractivity contribution < 1.29 is 0 Å². The van der Waals surface area contributed by atoms with Crippen molar-refractivity contribution in [2.45, 2.75) is 32.7 Å². The lowest BCUT2D eigenvalue weighted by atomic mass is 10.0. The summed E-state index contributed by atoms with van der Waals surface area (Å²) in [6, 6.07) is 8.62. The molecular weight excluding hydrogens is 170 g/mol. The van der Waals surface area contributed by atoms with E-state index in [1.807, 2.05) is 6.92 Å². The Balaban J connectivity index is 2.54. The molecule has 0 heterocycles. The zero-order valence-electron chi connectivity index (χ0n) is 8.88. The quantitative estimate of drug-likeness (QED) is 0.722. The fourth-order valence-corrected chi connectivity index (χ4v) is 1.45. The molecule has 2 N–H and O–H groups in total. The molecule has 1 atom stereocenters. The van der Waals surface area contributed by atoms with E-state index < -0.39 is 0 Å². The summed E-state index contributed by atoms with van der Waals surface area (Å²) < 4.78 is 0. The zero-order chi connectivity index (χ0) is 10.4. The molecular formula is C13H17N.